The number of amides is 1. The van der Waals surface area contributed by atoms with E-state index in [1.165, 1.54) is 0 Å². The zero-order valence-electron chi connectivity index (χ0n) is 14.9. The summed E-state index contributed by atoms with van der Waals surface area (Å²) in [7, 11) is 1.64. The van der Waals surface area contributed by atoms with Crippen LogP contribution in [0.4, 0.5) is 0 Å². The molecule has 2 N–H and O–H groups in total. The standard InChI is InChI=1S/C21H20ClN3O2/c1-27-20-10-6-17(7-11-20)21-13-19(23-15-26)14-25(24-21)12-2-3-16-4-8-18(22)9-5-16/h2-11,13-15,24H,12H2,1H3,(H,23,26). The number of methoxy groups -OCH3 is 1. The fraction of sp³-hybridized carbons (Fsp3) is 0.0952. The normalized spacial score (nSPS) is 13.6. The van der Waals surface area contributed by atoms with Crippen molar-refractivity contribution in [3.05, 3.63) is 88.7 Å². The monoisotopic (exact) mass is 381 g/mol. The average molecular weight is 382 g/mol. The minimum absolute atomic E-state index is 0.611. The Morgan fingerprint density at radius 2 is 1.89 bits per heavy atom. The lowest BCUT2D eigenvalue weighted by Gasteiger charge is -2.28. The number of carbonyl (C=O) groups excluding carboxylic acids is 1. The largest absolute Gasteiger partial charge is 0.497 e. The molecule has 1 aliphatic rings. The molecule has 2 aromatic rings. The van der Waals surface area contributed by atoms with E-state index in [1.807, 2.05) is 78.0 Å². The van der Waals surface area contributed by atoms with Crippen LogP contribution in [0.2, 0.25) is 5.02 Å². The molecule has 1 aliphatic heterocycles. The van der Waals surface area contributed by atoms with Gasteiger partial charge in [0, 0.05) is 11.2 Å². The first-order valence-electron chi connectivity index (χ1n) is 8.41. The number of hydrogen-bond acceptors (Lipinski definition) is 4. The van der Waals surface area contributed by atoms with E-state index in [0.717, 1.165) is 22.6 Å². The third-order valence-corrected chi connectivity index (χ3v) is 4.22. The van der Waals surface area contributed by atoms with Gasteiger partial charge in [-0.25, -0.2) is 0 Å². The van der Waals surface area contributed by atoms with Crippen molar-refractivity contribution < 1.29 is 9.53 Å². The van der Waals surface area contributed by atoms with Crippen LogP contribution in [0.25, 0.3) is 11.8 Å². The van der Waals surface area contributed by atoms with Crippen LogP contribution in [0, 0.1) is 0 Å². The van der Waals surface area contributed by atoms with E-state index in [1.54, 1.807) is 7.11 Å². The molecular formula is C21H20ClN3O2. The Bertz CT molecular complexity index is 871. The predicted octanol–water partition coefficient (Wildman–Crippen LogP) is 3.81. The van der Waals surface area contributed by atoms with Crippen LogP contribution in [0.5, 0.6) is 5.75 Å². The van der Waals surface area contributed by atoms with E-state index in [2.05, 4.69) is 10.7 Å². The van der Waals surface area contributed by atoms with Crippen molar-refractivity contribution in [1.82, 2.24) is 15.8 Å². The zero-order valence-corrected chi connectivity index (χ0v) is 15.6. The van der Waals surface area contributed by atoms with Crippen LogP contribution in [0.15, 0.2) is 72.6 Å². The van der Waals surface area contributed by atoms with Gasteiger partial charge in [0.25, 0.3) is 0 Å². The average Bonchev–Trinajstić information content (AvgIpc) is 2.70. The fourth-order valence-electron chi connectivity index (χ4n) is 2.62. The minimum atomic E-state index is 0.611. The summed E-state index contributed by atoms with van der Waals surface area (Å²) in [6.45, 7) is 0.611. The first-order chi connectivity index (χ1) is 13.2. The smallest absolute Gasteiger partial charge is 0.211 e. The molecule has 0 aliphatic carbocycles. The number of hydrazine groups is 1. The highest BCUT2D eigenvalue weighted by atomic mass is 35.5. The molecule has 0 unspecified atom stereocenters. The Hall–Kier alpha value is -3.18. The molecule has 0 spiro atoms. The molecule has 3 rings (SSSR count). The van der Waals surface area contributed by atoms with Gasteiger partial charge in [-0.15, -0.1) is 0 Å². The number of ether oxygens (including phenoxy) is 1. The Kier molecular flexibility index (Phi) is 6.18. The molecule has 1 heterocycles. The van der Waals surface area contributed by atoms with Gasteiger partial charge in [-0.05, 0) is 53.6 Å². The highest BCUT2D eigenvalue weighted by molar-refractivity contribution is 6.30. The highest BCUT2D eigenvalue weighted by Gasteiger charge is 2.12. The van der Waals surface area contributed by atoms with Crippen LogP contribution in [-0.2, 0) is 4.79 Å². The third kappa shape index (κ3) is 5.15. The number of carbonyl (C=O) groups is 1. The van der Waals surface area contributed by atoms with Gasteiger partial charge in [-0.2, -0.15) is 0 Å². The van der Waals surface area contributed by atoms with Crippen LogP contribution >= 0.6 is 11.6 Å². The molecule has 0 saturated carbocycles. The van der Waals surface area contributed by atoms with E-state index in [0.29, 0.717) is 23.7 Å². The molecule has 0 atom stereocenters. The first kappa shape index (κ1) is 18.6. The Labute approximate surface area is 163 Å². The van der Waals surface area contributed by atoms with Crippen LogP contribution in [-0.4, -0.2) is 25.1 Å². The number of nitrogens with zero attached hydrogens (tertiary/aromatic N) is 1. The number of benzene rings is 2. The maximum absolute atomic E-state index is 10.9. The van der Waals surface area contributed by atoms with Crippen molar-refractivity contribution in [2.24, 2.45) is 0 Å². The summed E-state index contributed by atoms with van der Waals surface area (Å²) < 4.78 is 5.20. The molecular weight excluding hydrogens is 362 g/mol. The number of allylic oxidation sites excluding steroid dienone is 1. The maximum Gasteiger partial charge on any atom is 0.211 e. The first-order valence-corrected chi connectivity index (χ1v) is 8.79. The van der Waals surface area contributed by atoms with Gasteiger partial charge in [0.15, 0.2) is 0 Å². The molecule has 0 aromatic heterocycles. The Morgan fingerprint density at radius 1 is 1.15 bits per heavy atom. The van der Waals surface area contributed by atoms with Crippen molar-refractivity contribution in [3.63, 3.8) is 0 Å². The number of halogens is 1. The van der Waals surface area contributed by atoms with Gasteiger partial charge in [-0.3, -0.25) is 15.2 Å². The van der Waals surface area contributed by atoms with Crippen molar-refractivity contribution >= 4 is 29.8 Å². The second-order valence-corrected chi connectivity index (χ2v) is 6.29. The van der Waals surface area contributed by atoms with Crippen molar-refractivity contribution in [3.8, 4) is 5.75 Å². The summed E-state index contributed by atoms with van der Waals surface area (Å²) in [6.07, 6.45) is 8.44. The summed E-state index contributed by atoms with van der Waals surface area (Å²) in [5.74, 6) is 0.791. The maximum atomic E-state index is 10.9. The molecule has 0 saturated heterocycles. The zero-order chi connectivity index (χ0) is 19.1. The summed E-state index contributed by atoms with van der Waals surface area (Å²) in [5, 5.41) is 5.33. The Balaban J connectivity index is 1.72. The van der Waals surface area contributed by atoms with Gasteiger partial charge in [0.05, 0.1) is 25.0 Å². The second kappa shape index (κ2) is 8.96. The van der Waals surface area contributed by atoms with Crippen LogP contribution in [0.1, 0.15) is 11.1 Å². The lowest BCUT2D eigenvalue weighted by Crippen LogP contribution is -2.36. The number of nitrogens with one attached hydrogen (secondary N) is 2. The lowest BCUT2D eigenvalue weighted by molar-refractivity contribution is -0.108. The van der Waals surface area contributed by atoms with Gasteiger partial charge >= 0.3 is 0 Å². The highest BCUT2D eigenvalue weighted by Crippen LogP contribution is 2.21. The lowest BCUT2D eigenvalue weighted by atomic mass is 10.1. The molecule has 27 heavy (non-hydrogen) atoms. The van der Waals surface area contributed by atoms with Crippen LogP contribution in [0.3, 0.4) is 0 Å². The van der Waals surface area contributed by atoms with E-state index in [4.69, 9.17) is 16.3 Å². The SMILES string of the molecule is COc1ccc(C2=CC(NC=O)=CN(CC=Cc3ccc(Cl)cc3)N2)cc1. The predicted molar refractivity (Wildman–Crippen MR) is 109 cm³/mol. The minimum Gasteiger partial charge on any atom is -0.497 e. The van der Waals surface area contributed by atoms with Crippen LogP contribution < -0.4 is 15.5 Å². The summed E-state index contributed by atoms with van der Waals surface area (Å²) >= 11 is 5.91. The van der Waals surface area contributed by atoms with Crippen molar-refractivity contribution in [1.29, 1.82) is 0 Å². The number of hydrogen-bond donors (Lipinski definition) is 2. The Morgan fingerprint density at radius 3 is 2.56 bits per heavy atom. The third-order valence-electron chi connectivity index (χ3n) is 3.97. The van der Waals surface area contributed by atoms with Gasteiger partial charge in [0.2, 0.25) is 6.41 Å². The van der Waals surface area contributed by atoms with E-state index in [9.17, 15) is 4.79 Å². The van der Waals surface area contributed by atoms with E-state index in [-0.39, 0.29) is 0 Å². The number of rotatable bonds is 7. The molecule has 0 radical (unpaired) electrons. The summed E-state index contributed by atoms with van der Waals surface area (Å²) in [5.41, 5.74) is 6.98. The van der Waals surface area contributed by atoms with Crippen molar-refractivity contribution in [2.45, 2.75) is 0 Å². The van der Waals surface area contributed by atoms with Gasteiger partial charge < -0.3 is 10.1 Å². The van der Waals surface area contributed by atoms with E-state index >= 15 is 0 Å². The topological polar surface area (TPSA) is 53.6 Å². The summed E-state index contributed by atoms with van der Waals surface area (Å²) in [4.78, 5) is 10.9. The summed E-state index contributed by atoms with van der Waals surface area (Å²) in [6, 6.07) is 15.3. The molecule has 5 nitrogen and oxygen atoms in total. The fourth-order valence-corrected chi connectivity index (χ4v) is 2.75. The van der Waals surface area contributed by atoms with E-state index < -0.39 is 0 Å². The molecule has 0 fully saturated rings. The molecule has 1 amide bonds. The molecule has 138 valence electrons. The quantitative estimate of drug-likeness (QED) is 0.716. The second-order valence-electron chi connectivity index (χ2n) is 5.85. The van der Waals surface area contributed by atoms with Gasteiger partial charge in [-0.1, -0.05) is 35.9 Å². The molecule has 6 heteroatoms. The molecule has 0 bridgehead atoms. The van der Waals surface area contributed by atoms with Crippen molar-refractivity contribution in [2.75, 3.05) is 13.7 Å². The van der Waals surface area contributed by atoms with Gasteiger partial charge in [0.1, 0.15) is 5.75 Å². The molecule has 2 aromatic carbocycles.